The van der Waals surface area contributed by atoms with Gasteiger partial charge >= 0.3 is 5.97 Å². The van der Waals surface area contributed by atoms with Crippen molar-refractivity contribution in [1.29, 1.82) is 0 Å². The second-order valence-electron chi connectivity index (χ2n) is 7.03. The molecule has 12 nitrogen and oxygen atoms in total. The lowest BCUT2D eigenvalue weighted by Crippen LogP contribution is -2.37. The third kappa shape index (κ3) is 6.86. The molecule has 0 bridgehead atoms. The van der Waals surface area contributed by atoms with E-state index in [1.54, 1.807) is 13.1 Å². The number of carbonyl (C=O) groups excluding carboxylic acids is 2. The Bertz CT molecular complexity index is 1000. The lowest BCUT2D eigenvalue weighted by Gasteiger charge is -2.29. The predicted octanol–water partition coefficient (Wildman–Crippen LogP) is 1.21. The average Bonchev–Trinajstić information content (AvgIpc) is 2.85. The van der Waals surface area contributed by atoms with Crippen molar-refractivity contribution >= 4 is 46.5 Å². The number of ether oxygens (including phenoxy) is 3. The fourth-order valence-electron chi connectivity index (χ4n) is 3.31. The minimum Gasteiger partial charge on any atom is -0.461 e. The monoisotopic (exact) mass is 513 g/mol. The molecule has 0 radical (unpaired) electrons. The number of carbonyl (C=O) groups is 2. The Kier molecular flexibility index (Phi) is 9.57. The van der Waals surface area contributed by atoms with Crippen LogP contribution in [0.5, 0.6) is 0 Å². The minimum absolute atomic E-state index is 0.0193. The maximum Gasteiger partial charge on any atom is 0.359 e. The molecule has 0 spiro atoms. The van der Waals surface area contributed by atoms with Crippen molar-refractivity contribution in [1.82, 2.24) is 19.9 Å². The molecule has 34 heavy (non-hydrogen) atoms. The Labute approximate surface area is 206 Å². The summed E-state index contributed by atoms with van der Waals surface area (Å²) in [7, 11) is 0. The zero-order valence-corrected chi connectivity index (χ0v) is 20.1. The molecule has 2 aliphatic rings. The molecular formula is C20H25Cl2N7O5. The van der Waals surface area contributed by atoms with Crippen LogP contribution < -0.4 is 15.5 Å². The number of anilines is 2. The topological polar surface area (TPSA) is 146 Å². The Morgan fingerprint density at radius 1 is 0.912 bits per heavy atom. The lowest BCUT2D eigenvalue weighted by atomic mass is 10.2. The van der Waals surface area contributed by atoms with Gasteiger partial charge in [-0.15, -0.1) is 0 Å². The van der Waals surface area contributed by atoms with Gasteiger partial charge in [0.2, 0.25) is 10.6 Å². The number of hydrogen-bond donors (Lipinski definition) is 1. The van der Waals surface area contributed by atoms with Crippen molar-refractivity contribution in [3.63, 3.8) is 0 Å². The van der Waals surface area contributed by atoms with Crippen LogP contribution in [0.1, 0.15) is 27.9 Å². The predicted molar refractivity (Wildman–Crippen MR) is 125 cm³/mol. The van der Waals surface area contributed by atoms with E-state index in [0.717, 1.165) is 0 Å². The van der Waals surface area contributed by atoms with Gasteiger partial charge in [-0.05, 0) is 30.1 Å². The van der Waals surface area contributed by atoms with Gasteiger partial charge in [-0.3, -0.25) is 4.79 Å². The fourth-order valence-corrected chi connectivity index (χ4v) is 3.58. The molecule has 0 atom stereocenters. The molecule has 2 fully saturated rings. The van der Waals surface area contributed by atoms with E-state index in [-0.39, 0.29) is 22.0 Å². The summed E-state index contributed by atoms with van der Waals surface area (Å²) in [6.45, 7) is 7.25. The number of halogens is 2. The summed E-state index contributed by atoms with van der Waals surface area (Å²) in [5.74, 6) is -1.09. The van der Waals surface area contributed by atoms with Gasteiger partial charge < -0.3 is 29.7 Å². The number of nitrogens with two attached hydrogens (primary N) is 1. The first-order valence-electron chi connectivity index (χ1n) is 10.6. The SMILES string of the molecule is CCOC(=O)c1nc(Cl)ncc1N1CCOCC1.NC(=O)c1nc(Cl)ncc1N1CCOCC1. The summed E-state index contributed by atoms with van der Waals surface area (Å²) in [6.07, 6.45) is 3.06. The van der Waals surface area contributed by atoms with Gasteiger partial charge in [0.15, 0.2) is 11.4 Å². The van der Waals surface area contributed by atoms with E-state index in [1.165, 1.54) is 6.20 Å². The summed E-state index contributed by atoms with van der Waals surface area (Å²) in [4.78, 5) is 42.6. The molecule has 4 heterocycles. The quantitative estimate of drug-likeness (QED) is 0.454. The first-order valence-corrected chi connectivity index (χ1v) is 11.3. The molecule has 2 saturated heterocycles. The van der Waals surface area contributed by atoms with Gasteiger partial charge in [0, 0.05) is 26.2 Å². The summed E-state index contributed by atoms with van der Waals surface area (Å²) in [5.41, 5.74) is 6.86. The Balaban J connectivity index is 0.000000192. The van der Waals surface area contributed by atoms with E-state index < -0.39 is 11.9 Å². The van der Waals surface area contributed by atoms with Gasteiger partial charge in [-0.1, -0.05) is 0 Å². The number of primary amides is 1. The van der Waals surface area contributed by atoms with Crippen LogP contribution in [0, 0.1) is 0 Å². The summed E-state index contributed by atoms with van der Waals surface area (Å²) < 4.78 is 15.5. The third-order valence-electron chi connectivity index (χ3n) is 4.89. The van der Waals surface area contributed by atoms with Crippen LogP contribution in [0.25, 0.3) is 0 Å². The number of nitrogens with zero attached hydrogens (tertiary/aromatic N) is 6. The maximum atomic E-state index is 11.8. The lowest BCUT2D eigenvalue weighted by molar-refractivity contribution is 0.0519. The van der Waals surface area contributed by atoms with Crippen molar-refractivity contribution in [3.8, 4) is 0 Å². The van der Waals surface area contributed by atoms with Gasteiger partial charge in [0.25, 0.3) is 5.91 Å². The van der Waals surface area contributed by atoms with Gasteiger partial charge in [0.1, 0.15) is 0 Å². The smallest absolute Gasteiger partial charge is 0.359 e. The number of aromatic nitrogens is 4. The van der Waals surface area contributed by atoms with E-state index in [4.69, 9.17) is 43.1 Å². The van der Waals surface area contributed by atoms with E-state index in [9.17, 15) is 9.59 Å². The molecule has 184 valence electrons. The molecule has 1 amide bonds. The number of rotatable bonds is 5. The maximum absolute atomic E-state index is 11.8. The zero-order chi connectivity index (χ0) is 24.5. The second kappa shape index (κ2) is 12.6. The van der Waals surface area contributed by atoms with Crippen molar-refractivity contribution < 1.29 is 23.8 Å². The third-order valence-corrected chi connectivity index (χ3v) is 5.25. The highest BCUT2D eigenvalue weighted by atomic mass is 35.5. The van der Waals surface area contributed by atoms with E-state index >= 15 is 0 Å². The van der Waals surface area contributed by atoms with Gasteiger partial charge in [-0.2, -0.15) is 0 Å². The Hall–Kier alpha value is -2.80. The van der Waals surface area contributed by atoms with Crippen LogP contribution in [0.4, 0.5) is 11.4 Å². The molecule has 0 aromatic carbocycles. The molecule has 0 unspecified atom stereocenters. The largest absolute Gasteiger partial charge is 0.461 e. The highest BCUT2D eigenvalue weighted by molar-refractivity contribution is 6.28. The van der Waals surface area contributed by atoms with E-state index in [1.807, 2.05) is 9.80 Å². The molecule has 0 aliphatic carbocycles. The molecule has 2 N–H and O–H groups in total. The molecule has 2 aromatic rings. The standard InChI is InChI=1S/C11H14ClN3O3.C9H11ClN4O2/c1-2-18-10(16)9-8(7-13-11(12)14-9)15-3-5-17-6-4-15;10-9-12-5-6(7(13-9)8(11)15)14-1-3-16-4-2-14/h7H,2-6H2,1H3;5H,1-4H2,(H2,11,15). The molecule has 14 heteroatoms. The molecule has 4 rings (SSSR count). The second-order valence-corrected chi connectivity index (χ2v) is 7.71. The van der Waals surface area contributed by atoms with Crippen LogP contribution in [-0.4, -0.2) is 91.0 Å². The zero-order valence-electron chi connectivity index (χ0n) is 18.6. The summed E-state index contributed by atoms with van der Waals surface area (Å²) in [6, 6.07) is 0. The van der Waals surface area contributed by atoms with Crippen LogP contribution in [0.3, 0.4) is 0 Å². The van der Waals surface area contributed by atoms with Crippen molar-refractivity contribution in [3.05, 3.63) is 34.3 Å². The van der Waals surface area contributed by atoms with Crippen LogP contribution in [0.15, 0.2) is 12.4 Å². The Morgan fingerprint density at radius 3 is 1.79 bits per heavy atom. The number of amides is 1. The van der Waals surface area contributed by atoms with E-state index in [2.05, 4.69) is 19.9 Å². The van der Waals surface area contributed by atoms with Gasteiger partial charge in [0.05, 0.1) is 56.8 Å². The number of morpholine rings is 2. The van der Waals surface area contributed by atoms with Gasteiger partial charge in [-0.25, -0.2) is 24.7 Å². The Morgan fingerprint density at radius 2 is 1.35 bits per heavy atom. The van der Waals surface area contributed by atoms with Crippen LogP contribution in [-0.2, 0) is 14.2 Å². The number of esters is 1. The first-order chi connectivity index (χ1) is 16.4. The summed E-state index contributed by atoms with van der Waals surface area (Å²) in [5, 5.41) is 0.0564. The van der Waals surface area contributed by atoms with Crippen LogP contribution >= 0.6 is 23.2 Å². The molecule has 0 saturated carbocycles. The highest BCUT2D eigenvalue weighted by Crippen LogP contribution is 2.22. The van der Waals surface area contributed by atoms with Crippen molar-refractivity contribution in [2.75, 3.05) is 69.0 Å². The molecular weight excluding hydrogens is 489 g/mol. The summed E-state index contributed by atoms with van der Waals surface area (Å²) >= 11 is 11.4. The molecule has 2 aromatic heterocycles. The van der Waals surface area contributed by atoms with Crippen molar-refractivity contribution in [2.24, 2.45) is 5.73 Å². The normalized spacial score (nSPS) is 15.9. The average molecular weight is 514 g/mol. The minimum atomic E-state index is -0.606. The first kappa shape index (κ1) is 25.8. The van der Waals surface area contributed by atoms with E-state index in [0.29, 0.717) is 70.6 Å². The highest BCUT2D eigenvalue weighted by Gasteiger charge is 2.22. The number of hydrogen-bond acceptors (Lipinski definition) is 11. The fraction of sp³-hybridized carbons (Fsp3) is 0.500. The van der Waals surface area contributed by atoms with Crippen LogP contribution in [0.2, 0.25) is 10.6 Å². The van der Waals surface area contributed by atoms with Crippen molar-refractivity contribution in [2.45, 2.75) is 6.92 Å². The molecule has 2 aliphatic heterocycles.